The second kappa shape index (κ2) is 6.88. The van der Waals surface area contributed by atoms with Gasteiger partial charge in [-0.2, -0.15) is 0 Å². The van der Waals surface area contributed by atoms with Crippen molar-refractivity contribution >= 4 is 0 Å². The number of aliphatic hydroxyl groups is 1. The molecule has 0 aromatic heterocycles. The highest BCUT2D eigenvalue weighted by molar-refractivity contribution is 5.51. The number of unbranched alkanes of at least 4 members (excludes halogenated alkanes) is 1. The fraction of sp³-hybridized carbons (Fsp3) is 0.667. The minimum absolute atomic E-state index is 0.00595. The lowest BCUT2D eigenvalue weighted by Crippen LogP contribution is -2.41. The van der Waals surface area contributed by atoms with Gasteiger partial charge in [0.15, 0.2) is 0 Å². The summed E-state index contributed by atoms with van der Waals surface area (Å²) in [6.45, 7) is 8.53. The van der Waals surface area contributed by atoms with Gasteiger partial charge in [-0.1, -0.05) is 13.3 Å². The summed E-state index contributed by atoms with van der Waals surface area (Å²) in [4.78, 5) is 0. The summed E-state index contributed by atoms with van der Waals surface area (Å²) in [5, 5.41) is 23.3. The molecule has 2 rings (SSSR count). The van der Waals surface area contributed by atoms with Crippen LogP contribution in [0.5, 0.6) is 11.5 Å². The number of rotatable bonds is 6. The van der Waals surface area contributed by atoms with E-state index in [0.717, 1.165) is 42.6 Å². The summed E-state index contributed by atoms with van der Waals surface area (Å²) in [5.41, 5.74) is 1.64. The minimum atomic E-state index is -0.416. The van der Waals surface area contributed by atoms with E-state index in [4.69, 9.17) is 4.74 Å². The highest BCUT2D eigenvalue weighted by Crippen LogP contribution is 2.44. The molecule has 4 nitrogen and oxygen atoms in total. The molecule has 1 aliphatic heterocycles. The van der Waals surface area contributed by atoms with E-state index >= 15 is 0 Å². The second-order valence-corrected chi connectivity index (χ2v) is 7.01. The maximum absolute atomic E-state index is 10.5. The molecule has 1 aromatic carbocycles. The van der Waals surface area contributed by atoms with Gasteiger partial charge < -0.3 is 20.3 Å². The van der Waals surface area contributed by atoms with Crippen LogP contribution < -0.4 is 10.1 Å². The zero-order valence-corrected chi connectivity index (χ0v) is 14.1. The van der Waals surface area contributed by atoms with E-state index in [9.17, 15) is 10.2 Å². The quantitative estimate of drug-likeness (QED) is 0.754. The Morgan fingerprint density at radius 3 is 2.77 bits per heavy atom. The Morgan fingerprint density at radius 1 is 1.41 bits per heavy atom. The molecular weight excluding hydrogens is 278 g/mol. The number of aryl methyl sites for hydroxylation is 1. The fourth-order valence-electron chi connectivity index (χ4n) is 3.05. The zero-order chi connectivity index (χ0) is 16.3. The SMILES string of the molecule is CCCCc1cc(O)c2c(c1)OC(C)(C)C[C@H]2NCC(C)O. The molecule has 124 valence electrons. The first-order chi connectivity index (χ1) is 10.3. The Labute approximate surface area is 133 Å². The molecule has 0 aliphatic carbocycles. The normalized spacial score (nSPS) is 21.0. The van der Waals surface area contributed by atoms with Crippen molar-refractivity contribution in [2.45, 2.75) is 71.1 Å². The van der Waals surface area contributed by atoms with Crippen molar-refractivity contribution in [2.24, 2.45) is 0 Å². The average molecular weight is 307 g/mol. The van der Waals surface area contributed by atoms with Gasteiger partial charge in [-0.25, -0.2) is 0 Å². The van der Waals surface area contributed by atoms with Crippen molar-refractivity contribution in [3.8, 4) is 11.5 Å². The molecule has 0 bridgehead atoms. The Hall–Kier alpha value is -1.26. The average Bonchev–Trinajstić information content (AvgIpc) is 2.40. The molecule has 1 heterocycles. The number of hydrogen-bond acceptors (Lipinski definition) is 4. The topological polar surface area (TPSA) is 61.7 Å². The summed E-state index contributed by atoms with van der Waals surface area (Å²) in [5.74, 6) is 1.06. The number of hydrogen-bond donors (Lipinski definition) is 3. The van der Waals surface area contributed by atoms with E-state index in [1.165, 1.54) is 0 Å². The van der Waals surface area contributed by atoms with Crippen LogP contribution in [-0.2, 0) is 6.42 Å². The number of phenolic OH excluding ortho intramolecular Hbond substituents is 1. The predicted octanol–water partition coefficient (Wildman–Crippen LogP) is 3.31. The number of nitrogens with one attached hydrogen (secondary N) is 1. The van der Waals surface area contributed by atoms with E-state index < -0.39 is 6.10 Å². The molecule has 2 atom stereocenters. The number of ether oxygens (including phenoxy) is 1. The second-order valence-electron chi connectivity index (χ2n) is 7.01. The Morgan fingerprint density at radius 2 is 2.14 bits per heavy atom. The van der Waals surface area contributed by atoms with Crippen molar-refractivity contribution in [1.82, 2.24) is 5.32 Å². The van der Waals surface area contributed by atoms with Crippen molar-refractivity contribution in [2.75, 3.05) is 6.54 Å². The molecule has 0 radical (unpaired) electrons. The highest BCUT2D eigenvalue weighted by Gasteiger charge is 2.35. The van der Waals surface area contributed by atoms with Crippen LogP contribution in [0.1, 0.15) is 64.1 Å². The maximum atomic E-state index is 10.5. The van der Waals surface area contributed by atoms with E-state index in [0.29, 0.717) is 12.3 Å². The fourth-order valence-corrected chi connectivity index (χ4v) is 3.05. The van der Waals surface area contributed by atoms with Crippen molar-refractivity contribution in [1.29, 1.82) is 0 Å². The molecular formula is C18H29NO3. The zero-order valence-electron chi connectivity index (χ0n) is 14.1. The molecule has 3 N–H and O–H groups in total. The number of aromatic hydroxyl groups is 1. The first-order valence-corrected chi connectivity index (χ1v) is 8.28. The molecule has 0 amide bonds. The molecule has 0 saturated heterocycles. The summed E-state index contributed by atoms with van der Waals surface area (Å²) in [6, 6.07) is 3.91. The third-order valence-corrected chi connectivity index (χ3v) is 4.09. The van der Waals surface area contributed by atoms with Crippen LogP contribution in [0.4, 0.5) is 0 Å². The van der Waals surface area contributed by atoms with Crippen molar-refractivity contribution in [3.05, 3.63) is 23.3 Å². The van der Waals surface area contributed by atoms with Gasteiger partial charge in [-0.05, 0) is 51.3 Å². The van der Waals surface area contributed by atoms with Crippen LogP contribution in [0.3, 0.4) is 0 Å². The van der Waals surface area contributed by atoms with Gasteiger partial charge >= 0.3 is 0 Å². The minimum Gasteiger partial charge on any atom is -0.507 e. The maximum Gasteiger partial charge on any atom is 0.128 e. The smallest absolute Gasteiger partial charge is 0.128 e. The molecule has 4 heteroatoms. The van der Waals surface area contributed by atoms with Gasteiger partial charge in [0.05, 0.1) is 11.7 Å². The van der Waals surface area contributed by atoms with Crippen LogP contribution in [0, 0.1) is 0 Å². The van der Waals surface area contributed by atoms with Crippen molar-refractivity contribution in [3.63, 3.8) is 0 Å². The lowest BCUT2D eigenvalue weighted by Gasteiger charge is -2.38. The van der Waals surface area contributed by atoms with Gasteiger partial charge in [0.1, 0.15) is 17.1 Å². The Bertz CT molecular complexity index is 511. The molecule has 0 saturated carbocycles. The van der Waals surface area contributed by atoms with Gasteiger partial charge in [-0.15, -0.1) is 0 Å². The third-order valence-electron chi connectivity index (χ3n) is 4.09. The van der Waals surface area contributed by atoms with Gasteiger partial charge in [0.2, 0.25) is 0 Å². The molecule has 22 heavy (non-hydrogen) atoms. The standard InChI is InChI=1S/C18H29NO3/c1-5-6-7-13-8-15(21)17-14(19-11-12(2)20)10-18(3,4)22-16(17)9-13/h8-9,12,14,19-21H,5-7,10-11H2,1-4H3/t12?,14-/m1/s1. The molecule has 0 spiro atoms. The predicted molar refractivity (Wildman–Crippen MR) is 88.5 cm³/mol. The van der Waals surface area contributed by atoms with Crippen LogP contribution >= 0.6 is 0 Å². The van der Waals surface area contributed by atoms with E-state index in [-0.39, 0.29) is 11.6 Å². The number of aliphatic hydroxyl groups excluding tert-OH is 1. The van der Waals surface area contributed by atoms with E-state index in [2.05, 4.69) is 32.2 Å². The molecule has 1 unspecified atom stereocenters. The van der Waals surface area contributed by atoms with Crippen molar-refractivity contribution < 1.29 is 14.9 Å². The number of phenols is 1. The monoisotopic (exact) mass is 307 g/mol. The lowest BCUT2D eigenvalue weighted by atomic mass is 9.88. The lowest BCUT2D eigenvalue weighted by molar-refractivity contribution is 0.0614. The molecule has 1 aliphatic rings. The first-order valence-electron chi connectivity index (χ1n) is 8.28. The van der Waals surface area contributed by atoms with Gasteiger partial charge in [0, 0.05) is 19.0 Å². The Balaban J connectivity index is 2.31. The third kappa shape index (κ3) is 4.14. The first kappa shape index (κ1) is 17.1. The summed E-state index contributed by atoms with van der Waals surface area (Å²) < 4.78 is 6.10. The number of fused-ring (bicyclic) bond motifs is 1. The van der Waals surface area contributed by atoms with E-state index in [1.807, 2.05) is 6.07 Å². The van der Waals surface area contributed by atoms with Crippen LogP contribution in [0.25, 0.3) is 0 Å². The summed E-state index contributed by atoms with van der Waals surface area (Å²) in [7, 11) is 0. The largest absolute Gasteiger partial charge is 0.507 e. The van der Waals surface area contributed by atoms with Crippen LogP contribution in [-0.4, -0.2) is 28.5 Å². The Kier molecular flexibility index (Phi) is 5.35. The summed E-state index contributed by atoms with van der Waals surface area (Å²) >= 11 is 0. The van der Waals surface area contributed by atoms with Crippen LogP contribution in [0.15, 0.2) is 12.1 Å². The molecule has 1 aromatic rings. The van der Waals surface area contributed by atoms with E-state index in [1.54, 1.807) is 6.92 Å². The molecule has 0 fully saturated rings. The number of benzene rings is 1. The van der Waals surface area contributed by atoms with Gasteiger partial charge in [-0.3, -0.25) is 0 Å². The van der Waals surface area contributed by atoms with Crippen LogP contribution in [0.2, 0.25) is 0 Å². The van der Waals surface area contributed by atoms with Gasteiger partial charge in [0.25, 0.3) is 0 Å². The highest BCUT2D eigenvalue weighted by atomic mass is 16.5. The summed E-state index contributed by atoms with van der Waals surface area (Å²) in [6.07, 6.45) is 3.52.